The first-order valence-corrected chi connectivity index (χ1v) is 8.53. The predicted molar refractivity (Wildman–Crippen MR) is 92.1 cm³/mol. The average Bonchev–Trinajstić information content (AvgIpc) is 2.54. The summed E-state index contributed by atoms with van der Waals surface area (Å²) in [6.07, 6.45) is 0. The summed E-state index contributed by atoms with van der Waals surface area (Å²) in [4.78, 5) is 10.4. The molecule has 7 nitrogen and oxygen atoms in total. The molecule has 3 aromatic rings. The van der Waals surface area contributed by atoms with Crippen LogP contribution in [0.5, 0.6) is 5.75 Å². The summed E-state index contributed by atoms with van der Waals surface area (Å²) >= 11 is 0. The fourth-order valence-electron chi connectivity index (χ4n) is 2.41. The molecule has 4 N–H and O–H groups in total. The summed E-state index contributed by atoms with van der Waals surface area (Å²) < 4.78 is 31.7. The Kier molecular flexibility index (Phi) is 4.07. The summed E-state index contributed by atoms with van der Waals surface area (Å²) in [5, 5.41) is 22.7. The summed E-state index contributed by atoms with van der Waals surface area (Å²) in [5.41, 5.74) is 1.40. The van der Waals surface area contributed by atoms with E-state index in [9.17, 15) is 18.3 Å². The van der Waals surface area contributed by atoms with Crippen LogP contribution in [0, 0.1) is 0 Å². The van der Waals surface area contributed by atoms with E-state index in [1.54, 1.807) is 30.3 Å². The largest absolute Gasteiger partial charge is 0.507 e. The van der Waals surface area contributed by atoms with Crippen molar-refractivity contribution in [3.63, 3.8) is 0 Å². The molecule has 0 spiro atoms. The van der Waals surface area contributed by atoms with E-state index in [2.05, 4.69) is 5.32 Å². The number of carboxylic acid groups (broad SMARTS) is 1. The Morgan fingerprint density at radius 1 is 0.920 bits per heavy atom. The van der Waals surface area contributed by atoms with Crippen LogP contribution in [0.1, 0.15) is 10.4 Å². The first-order chi connectivity index (χ1) is 11.7. The van der Waals surface area contributed by atoms with Gasteiger partial charge in [0.25, 0.3) is 10.1 Å². The van der Waals surface area contributed by atoms with Crippen molar-refractivity contribution in [2.24, 2.45) is 0 Å². The minimum atomic E-state index is -4.44. The van der Waals surface area contributed by atoms with Crippen molar-refractivity contribution < 1.29 is 28.0 Å². The molecule has 0 aromatic heterocycles. The Balaban J connectivity index is 1.98. The molecular weight excluding hydrogens is 346 g/mol. The van der Waals surface area contributed by atoms with Gasteiger partial charge in [-0.1, -0.05) is 0 Å². The fraction of sp³-hybridized carbons (Fsp3) is 0. The van der Waals surface area contributed by atoms with E-state index in [4.69, 9.17) is 9.66 Å². The Hall–Kier alpha value is -3.10. The number of phenolic OH excluding ortho intramolecular Hbond substituents is 1. The minimum Gasteiger partial charge on any atom is -0.507 e. The number of rotatable bonds is 4. The molecule has 0 heterocycles. The second-order valence-corrected chi connectivity index (χ2v) is 6.78. The van der Waals surface area contributed by atoms with Crippen LogP contribution in [0.15, 0.2) is 59.5 Å². The lowest BCUT2D eigenvalue weighted by Crippen LogP contribution is -1.98. The summed E-state index contributed by atoms with van der Waals surface area (Å²) in [7, 11) is -4.44. The van der Waals surface area contributed by atoms with Crippen LogP contribution in [0.2, 0.25) is 0 Å². The maximum Gasteiger partial charge on any atom is 0.335 e. The predicted octanol–water partition coefficient (Wildman–Crippen LogP) is 3.23. The van der Waals surface area contributed by atoms with Gasteiger partial charge in [0.05, 0.1) is 10.5 Å². The first-order valence-electron chi connectivity index (χ1n) is 7.09. The van der Waals surface area contributed by atoms with E-state index < -0.39 is 21.0 Å². The van der Waals surface area contributed by atoms with Gasteiger partial charge in [-0.05, 0) is 53.9 Å². The van der Waals surface area contributed by atoms with Gasteiger partial charge in [0.2, 0.25) is 0 Å². The number of anilines is 2. The van der Waals surface area contributed by atoms with Crippen molar-refractivity contribution >= 4 is 38.2 Å². The van der Waals surface area contributed by atoms with Crippen LogP contribution < -0.4 is 5.32 Å². The van der Waals surface area contributed by atoms with Crippen molar-refractivity contribution in [2.75, 3.05) is 5.32 Å². The Morgan fingerprint density at radius 3 is 2.16 bits per heavy atom. The van der Waals surface area contributed by atoms with Crippen LogP contribution in [0.3, 0.4) is 0 Å². The lowest BCUT2D eigenvalue weighted by Gasteiger charge is -2.10. The number of hydrogen-bond acceptors (Lipinski definition) is 5. The van der Waals surface area contributed by atoms with E-state index in [1.165, 1.54) is 18.2 Å². The normalized spacial score (nSPS) is 11.4. The Bertz CT molecular complexity index is 1070. The Morgan fingerprint density at radius 2 is 1.56 bits per heavy atom. The SMILES string of the molecule is O=C(O)c1ccc(Nc2ccc3c(O)cc(S(=O)(=O)O)cc3c2)cc1. The van der Waals surface area contributed by atoms with Crippen LogP contribution >= 0.6 is 0 Å². The molecule has 0 atom stereocenters. The molecule has 25 heavy (non-hydrogen) atoms. The van der Waals surface area contributed by atoms with Crippen LogP contribution in [0.25, 0.3) is 10.8 Å². The van der Waals surface area contributed by atoms with Crippen molar-refractivity contribution in [1.82, 2.24) is 0 Å². The zero-order valence-corrected chi connectivity index (χ0v) is 13.5. The molecule has 0 aliphatic rings. The lowest BCUT2D eigenvalue weighted by atomic mass is 10.1. The number of phenols is 1. The van der Waals surface area contributed by atoms with Crippen LogP contribution in [-0.4, -0.2) is 29.2 Å². The number of carboxylic acids is 1. The number of aromatic hydroxyl groups is 1. The second kappa shape index (κ2) is 6.08. The zero-order chi connectivity index (χ0) is 18.2. The highest BCUT2D eigenvalue weighted by Crippen LogP contribution is 2.31. The monoisotopic (exact) mass is 359 g/mol. The quantitative estimate of drug-likeness (QED) is 0.527. The number of benzene rings is 3. The molecular formula is C17H13NO6S. The van der Waals surface area contributed by atoms with Gasteiger partial charge in [-0.2, -0.15) is 8.42 Å². The number of aromatic carboxylic acids is 1. The lowest BCUT2D eigenvalue weighted by molar-refractivity contribution is 0.0697. The van der Waals surface area contributed by atoms with Crippen LogP contribution in [0.4, 0.5) is 11.4 Å². The van der Waals surface area contributed by atoms with Gasteiger partial charge in [0.15, 0.2) is 0 Å². The molecule has 0 radical (unpaired) electrons. The smallest absolute Gasteiger partial charge is 0.335 e. The molecule has 0 saturated heterocycles. The average molecular weight is 359 g/mol. The highest BCUT2D eigenvalue weighted by atomic mass is 32.2. The number of carbonyl (C=O) groups is 1. The third-order valence-corrected chi connectivity index (χ3v) is 4.45. The molecule has 0 unspecified atom stereocenters. The van der Waals surface area contributed by atoms with Crippen LogP contribution in [-0.2, 0) is 10.1 Å². The number of fused-ring (bicyclic) bond motifs is 1. The van der Waals surface area contributed by atoms with Crippen molar-refractivity contribution in [1.29, 1.82) is 0 Å². The van der Waals surface area contributed by atoms with E-state index in [1.807, 2.05) is 0 Å². The van der Waals surface area contributed by atoms with E-state index >= 15 is 0 Å². The summed E-state index contributed by atoms with van der Waals surface area (Å²) in [5.74, 6) is -1.28. The molecule has 0 amide bonds. The molecule has 8 heteroatoms. The molecule has 3 aromatic carbocycles. The number of nitrogens with one attached hydrogen (secondary N) is 1. The van der Waals surface area contributed by atoms with Gasteiger partial charge < -0.3 is 15.5 Å². The molecule has 0 aliphatic carbocycles. The fourth-order valence-corrected chi connectivity index (χ4v) is 2.95. The highest BCUT2D eigenvalue weighted by molar-refractivity contribution is 7.85. The summed E-state index contributed by atoms with van der Waals surface area (Å²) in [6.45, 7) is 0. The Labute approximate surface area is 142 Å². The third-order valence-electron chi connectivity index (χ3n) is 3.62. The second-order valence-electron chi connectivity index (χ2n) is 5.36. The van der Waals surface area contributed by atoms with Gasteiger partial charge in [0.1, 0.15) is 5.75 Å². The molecule has 0 bridgehead atoms. The number of hydrogen-bond donors (Lipinski definition) is 4. The third kappa shape index (κ3) is 3.54. The van der Waals surface area contributed by atoms with Gasteiger partial charge in [-0.3, -0.25) is 4.55 Å². The van der Waals surface area contributed by atoms with E-state index in [0.29, 0.717) is 22.1 Å². The van der Waals surface area contributed by atoms with Gasteiger partial charge in [0, 0.05) is 22.8 Å². The molecule has 0 saturated carbocycles. The molecule has 3 rings (SSSR count). The maximum absolute atomic E-state index is 11.3. The van der Waals surface area contributed by atoms with E-state index in [0.717, 1.165) is 6.07 Å². The zero-order valence-electron chi connectivity index (χ0n) is 12.7. The topological polar surface area (TPSA) is 124 Å². The van der Waals surface area contributed by atoms with Gasteiger partial charge >= 0.3 is 5.97 Å². The highest BCUT2D eigenvalue weighted by Gasteiger charge is 2.13. The molecule has 128 valence electrons. The maximum atomic E-state index is 11.3. The first kappa shape index (κ1) is 16.7. The standard InChI is InChI=1S/C17H13NO6S/c19-16-9-14(25(22,23)24)8-11-7-13(5-6-15(11)16)18-12-3-1-10(2-4-12)17(20)21/h1-9,18-19H,(H,20,21)(H,22,23,24). The van der Waals surface area contributed by atoms with Crippen molar-refractivity contribution in [2.45, 2.75) is 4.90 Å². The molecule has 0 fully saturated rings. The molecule has 0 aliphatic heterocycles. The van der Waals surface area contributed by atoms with Gasteiger partial charge in [-0.15, -0.1) is 0 Å². The summed E-state index contributed by atoms with van der Waals surface area (Å²) in [6, 6.07) is 13.2. The van der Waals surface area contributed by atoms with Crippen molar-refractivity contribution in [3.8, 4) is 5.75 Å². The minimum absolute atomic E-state index is 0.159. The van der Waals surface area contributed by atoms with Crippen molar-refractivity contribution in [3.05, 3.63) is 60.2 Å². The van der Waals surface area contributed by atoms with Gasteiger partial charge in [-0.25, -0.2) is 4.79 Å². The van der Waals surface area contributed by atoms with E-state index in [-0.39, 0.29) is 11.3 Å².